The Hall–Kier alpha value is -2.20. The van der Waals surface area contributed by atoms with Crippen LogP contribution in [0.3, 0.4) is 0 Å². The van der Waals surface area contributed by atoms with E-state index < -0.39 is 0 Å². The average Bonchev–Trinajstić information content (AvgIpc) is 3.76. The molecule has 1 aliphatic heterocycles. The third-order valence-electron chi connectivity index (χ3n) is 9.84. The summed E-state index contributed by atoms with van der Waals surface area (Å²) >= 11 is 10.9. The van der Waals surface area contributed by atoms with E-state index in [-0.39, 0.29) is 23.8 Å². The van der Waals surface area contributed by atoms with Crippen molar-refractivity contribution in [3.8, 4) is 0 Å². The first-order valence-electron chi connectivity index (χ1n) is 17.7. The number of piperazine rings is 1. The zero-order valence-corrected chi connectivity index (χ0v) is 31.3. The molecule has 2 saturated carbocycles. The molecule has 2 aromatic carbocycles. The van der Waals surface area contributed by atoms with Crippen LogP contribution in [0.15, 0.2) is 60.7 Å². The molecule has 2 N–H and O–H groups in total. The van der Waals surface area contributed by atoms with E-state index >= 15 is 0 Å². The minimum atomic E-state index is 0.138. The third kappa shape index (κ3) is 14.0. The maximum absolute atomic E-state index is 12.7. The average molecular weight is 704 g/mol. The SMILES string of the molecule is CN(CCCl)CCCl.CN(Cc1ccccc1)C(=O)C1CCC(N)C1.CN1CCN(C2CCC(C(=O)N(C)Cc3ccccc3)C2)CC1. The quantitative estimate of drug-likeness (QED) is 0.324. The number of benzene rings is 2. The molecule has 268 valence electrons. The molecule has 0 radical (unpaired) electrons. The van der Waals surface area contributed by atoms with Gasteiger partial charge in [0, 0.05) is 102 Å². The number of nitrogens with zero attached hydrogens (tertiary/aromatic N) is 5. The number of likely N-dealkylation sites (N-methyl/N-ethyl adjacent to an activating group) is 1. The Morgan fingerprint density at radius 2 is 1.17 bits per heavy atom. The Morgan fingerprint density at radius 3 is 1.60 bits per heavy atom. The van der Waals surface area contributed by atoms with Crippen LogP contribution in [0.1, 0.15) is 49.7 Å². The summed E-state index contributed by atoms with van der Waals surface area (Å²) in [6, 6.07) is 21.2. The summed E-state index contributed by atoms with van der Waals surface area (Å²) in [7, 11) is 8.01. The lowest BCUT2D eigenvalue weighted by molar-refractivity contribution is -0.135. The van der Waals surface area contributed by atoms with Crippen LogP contribution in [0.2, 0.25) is 0 Å². The van der Waals surface area contributed by atoms with Gasteiger partial charge in [0.25, 0.3) is 0 Å². The van der Waals surface area contributed by atoms with Gasteiger partial charge in [0.05, 0.1) is 0 Å². The fourth-order valence-corrected chi connectivity index (χ4v) is 7.41. The highest BCUT2D eigenvalue weighted by atomic mass is 35.5. The van der Waals surface area contributed by atoms with Crippen molar-refractivity contribution in [1.29, 1.82) is 0 Å². The van der Waals surface area contributed by atoms with Crippen LogP contribution >= 0.6 is 23.2 Å². The molecule has 3 aliphatic rings. The molecular weight excluding hydrogens is 643 g/mol. The number of carbonyl (C=O) groups excluding carboxylic acids is 2. The first-order valence-corrected chi connectivity index (χ1v) is 18.7. The summed E-state index contributed by atoms with van der Waals surface area (Å²) in [5, 5.41) is 0. The minimum Gasteiger partial charge on any atom is -0.341 e. The molecule has 10 heteroatoms. The Bertz CT molecular complexity index is 1180. The summed E-state index contributed by atoms with van der Waals surface area (Å²) in [5.41, 5.74) is 8.22. The lowest BCUT2D eigenvalue weighted by Crippen LogP contribution is -2.48. The van der Waals surface area contributed by atoms with E-state index in [2.05, 4.69) is 33.9 Å². The maximum Gasteiger partial charge on any atom is 0.225 e. The van der Waals surface area contributed by atoms with Gasteiger partial charge in [-0.2, -0.15) is 0 Å². The molecule has 1 heterocycles. The van der Waals surface area contributed by atoms with E-state index in [0.717, 1.165) is 77.9 Å². The highest BCUT2D eigenvalue weighted by Gasteiger charge is 2.35. The summed E-state index contributed by atoms with van der Waals surface area (Å²) in [6.45, 7) is 7.87. The first-order chi connectivity index (χ1) is 23.1. The highest BCUT2D eigenvalue weighted by Crippen LogP contribution is 2.31. The van der Waals surface area contributed by atoms with Gasteiger partial charge in [0.1, 0.15) is 0 Å². The number of amides is 2. The Kier molecular flexibility index (Phi) is 18.3. The number of hydrogen-bond donors (Lipinski definition) is 1. The van der Waals surface area contributed by atoms with E-state index in [9.17, 15) is 9.59 Å². The minimum absolute atomic E-state index is 0.138. The van der Waals surface area contributed by atoms with Gasteiger partial charge in [0.2, 0.25) is 11.8 Å². The topological polar surface area (TPSA) is 76.4 Å². The second kappa shape index (κ2) is 21.8. The van der Waals surface area contributed by atoms with E-state index in [1.54, 1.807) is 0 Å². The molecule has 2 aromatic rings. The fraction of sp³-hybridized carbons (Fsp3) is 0.632. The van der Waals surface area contributed by atoms with Gasteiger partial charge in [-0.05, 0) is 63.7 Å². The molecule has 2 amide bonds. The molecule has 4 unspecified atom stereocenters. The summed E-state index contributed by atoms with van der Waals surface area (Å²) < 4.78 is 0. The third-order valence-corrected chi connectivity index (χ3v) is 10.2. The van der Waals surface area contributed by atoms with Crippen LogP contribution in [0.25, 0.3) is 0 Å². The van der Waals surface area contributed by atoms with Crippen LogP contribution in [0.5, 0.6) is 0 Å². The van der Waals surface area contributed by atoms with Crippen LogP contribution < -0.4 is 5.73 Å². The molecule has 8 nitrogen and oxygen atoms in total. The summed E-state index contributed by atoms with van der Waals surface area (Å²) in [5.74, 6) is 2.29. The Labute approximate surface area is 300 Å². The van der Waals surface area contributed by atoms with E-state index in [1.165, 1.54) is 17.5 Å². The number of carbonyl (C=O) groups is 2. The van der Waals surface area contributed by atoms with Crippen molar-refractivity contribution in [3.63, 3.8) is 0 Å². The van der Waals surface area contributed by atoms with Crippen LogP contribution in [-0.4, -0.2) is 128 Å². The van der Waals surface area contributed by atoms with Gasteiger partial charge in [-0.25, -0.2) is 0 Å². The van der Waals surface area contributed by atoms with Gasteiger partial charge in [-0.3, -0.25) is 14.5 Å². The Balaban J connectivity index is 0.000000219. The zero-order valence-electron chi connectivity index (χ0n) is 29.8. The van der Waals surface area contributed by atoms with E-state index in [0.29, 0.717) is 30.3 Å². The van der Waals surface area contributed by atoms with Gasteiger partial charge in [-0.1, -0.05) is 60.7 Å². The monoisotopic (exact) mass is 702 g/mol. The largest absolute Gasteiger partial charge is 0.341 e. The smallest absolute Gasteiger partial charge is 0.225 e. The number of nitrogens with two attached hydrogens (primary N) is 1. The van der Waals surface area contributed by atoms with Crippen molar-refractivity contribution < 1.29 is 9.59 Å². The molecule has 2 aliphatic carbocycles. The number of hydrogen-bond acceptors (Lipinski definition) is 6. The van der Waals surface area contributed by atoms with Gasteiger partial charge in [-0.15, -0.1) is 23.2 Å². The van der Waals surface area contributed by atoms with Crippen molar-refractivity contribution in [2.24, 2.45) is 17.6 Å². The predicted octanol–water partition coefficient (Wildman–Crippen LogP) is 5.23. The van der Waals surface area contributed by atoms with E-state index in [1.807, 2.05) is 79.5 Å². The van der Waals surface area contributed by atoms with Crippen molar-refractivity contribution in [1.82, 2.24) is 24.5 Å². The predicted molar refractivity (Wildman–Crippen MR) is 200 cm³/mol. The second-order valence-electron chi connectivity index (χ2n) is 13.8. The van der Waals surface area contributed by atoms with Crippen molar-refractivity contribution in [2.75, 3.05) is 79.2 Å². The van der Waals surface area contributed by atoms with Crippen LogP contribution in [0, 0.1) is 11.8 Å². The standard InChI is InChI=1S/C19H29N3O.C14H20N2O.C5H11Cl2N/c1-20-10-12-22(13-11-20)18-9-8-17(14-18)19(23)21(2)15-16-6-4-3-5-7-16;1-16(10-11-5-3-2-4-6-11)14(17)12-7-8-13(15)9-12;1-8(4-2-6)5-3-7/h3-7,17-18H,8-15H2,1-2H3;2-6,12-13H,7-10,15H2,1H3;2-5H2,1H3. The fourth-order valence-electron chi connectivity index (χ4n) is 6.84. The van der Waals surface area contributed by atoms with Crippen molar-refractivity contribution in [2.45, 2.75) is 63.7 Å². The molecule has 1 saturated heterocycles. The lowest BCUT2D eigenvalue weighted by Gasteiger charge is -2.36. The molecule has 48 heavy (non-hydrogen) atoms. The number of alkyl halides is 2. The zero-order chi connectivity index (χ0) is 34.9. The second-order valence-corrected chi connectivity index (χ2v) is 14.6. The van der Waals surface area contributed by atoms with Crippen LogP contribution in [0.4, 0.5) is 0 Å². The van der Waals surface area contributed by atoms with Crippen molar-refractivity contribution >= 4 is 35.0 Å². The van der Waals surface area contributed by atoms with E-state index in [4.69, 9.17) is 28.9 Å². The van der Waals surface area contributed by atoms with Crippen molar-refractivity contribution in [3.05, 3.63) is 71.8 Å². The number of rotatable bonds is 11. The highest BCUT2D eigenvalue weighted by molar-refractivity contribution is 6.18. The van der Waals surface area contributed by atoms with Gasteiger partial charge in [0.15, 0.2) is 0 Å². The molecule has 5 rings (SSSR count). The summed E-state index contributed by atoms with van der Waals surface area (Å²) in [6.07, 6.45) is 6.04. The maximum atomic E-state index is 12.7. The van der Waals surface area contributed by atoms with Gasteiger partial charge < -0.3 is 25.3 Å². The van der Waals surface area contributed by atoms with Crippen LogP contribution in [-0.2, 0) is 22.7 Å². The molecule has 0 spiro atoms. The molecule has 0 bridgehead atoms. The molecule has 3 fully saturated rings. The number of halogens is 2. The first kappa shape index (κ1) is 40.2. The molecule has 0 aromatic heterocycles. The Morgan fingerprint density at radius 1 is 0.708 bits per heavy atom. The molecule has 4 atom stereocenters. The lowest BCUT2D eigenvalue weighted by atomic mass is 10.1. The van der Waals surface area contributed by atoms with Gasteiger partial charge >= 0.3 is 0 Å². The summed E-state index contributed by atoms with van der Waals surface area (Å²) in [4.78, 5) is 35.7. The molecular formula is C38H60Cl2N6O2. The normalized spacial score (nSPS) is 22.8.